The first-order valence-electron chi connectivity index (χ1n) is 13.3. The molecule has 0 aliphatic heterocycles. The Labute approximate surface area is 182 Å². The van der Waals surface area contributed by atoms with Crippen molar-refractivity contribution >= 4 is 0 Å². The van der Waals surface area contributed by atoms with E-state index in [1.54, 1.807) is 11.1 Å². The van der Waals surface area contributed by atoms with Crippen LogP contribution in [-0.4, -0.2) is 0 Å². The van der Waals surface area contributed by atoms with E-state index in [9.17, 15) is 0 Å². The zero-order chi connectivity index (χ0) is 20.4. The van der Waals surface area contributed by atoms with Crippen molar-refractivity contribution in [2.75, 3.05) is 0 Å². The van der Waals surface area contributed by atoms with Gasteiger partial charge in [-0.15, -0.1) is 0 Å². The fourth-order valence-electron chi connectivity index (χ4n) is 6.31. The van der Waals surface area contributed by atoms with Gasteiger partial charge < -0.3 is 0 Å². The number of hydrogen-bond acceptors (Lipinski definition) is 0. The molecule has 2 aliphatic carbocycles. The Morgan fingerprint density at radius 2 is 1.45 bits per heavy atom. The summed E-state index contributed by atoms with van der Waals surface area (Å²) in [5.74, 6) is 1.85. The minimum absolute atomic E-state index is 0.670. The van der Waals surface area contributed by atoms with Crippen LogP contribution >= 0.6 is 0 Å². The lowest BCUT2D eigenvalue weighted by Crippen LogP contribution is -2.25. The maximum Gasteiger partial charge on any atom is -0.0162 e. The number of aryl methyl sites for hydroxylation is 1. The Balaban J connectivity index is 1.46. The van der Waals surface area contributed by atoms with Crippen LogP contribution in [-0.2, 0) is 6.42 Å². The van der Waals surface area contributed by atoms with E-state index in [-0.39, 0.29) is 0 Å². The van der Waals surface area contributed by atoms with Gasteiger partial charge in [0.25, 0.3) is 0 Å². The largest absolute Gasteiger partial charge is 0.0654 e. The Hall–Kier alpha value is -0.780. The third kappa shape index (κ3) is 7.15. The minimum atomic E-state index is 0.670. The van der Waals surface area contributed by atoms with E-state index >= 15 is 0 Å². The molecule has 0 heterocycles. The highest BCUT2D eigenvalue weighted by Gasteiger charge is 2.30. The van der Waals surface area contributed by atoms with Gasteiger partial charge in [-0.25, -0.2) is 0 Å². The van der Waals surface area contributed by atoms with Crippen molar-refractivity contribution in [3.05, 3.63) is 35.4 Å². The zero-order valence-electron chi connectivity index (χ0n) is 19.7. The topological polar surface area (TPSA) is 0 Å². The first-order valence-corrected chi connectivity index (χ1v) is 13.3. The lowest BCUT2D eigenvalue weighted by molar-refractivity contribution is 0.153. The molecule has 1 aromatic rings. The molecule has 0 saturated heterocycles. The SMILES string of the molecule is CCCCC[C@H]1CC[C@H](c2ccc(CCC3(CCCC)CCCCC3)cc2)CC1. The van der Waals surface area contributed by atoms with E-state index in [0.717, 1.165) is 11.8 Å². The molecule has 1 aromatic carbocycles. The molecule has 0 unspecified atom stereocenters. The molecule has 0 N–H and O–H groups in total. The summed E-state index contributed by atoms with van der Waals surface area (Å²) < 4.78 is 0. The Morgan fingerprint density at radius 3 is 2.10 bits per heavy atom. The molecule has 29 heavy (non-hydrogen) atoms. The molecule has 2 aliphatic rings. The summed E-state index contributed by atoms with van der Waals surface area (Å²) >= 11 is 0. The molecule has 0 radical (unpaired) electrons. The Kier molecular flexibility index (Phi) is 9.60. The monoisotopic (exact) mass is 396 g/mol. The van der Waals surface area contributed by atoms with E-state index < -0.39 is 0 Å². The summed E-state index contributed by atoms with van der Waals surface area (Å²) in [7, 11) is 0. The maximum atomic E-state index is 2.48. The molecule has 0 heteroatoms. The summed E-state index contributed by atoms with van der Waals surface area (Å²) in [6, 6.07) is 9.91. The second kappa shape index (κ2) is 12.2. The van der Waals surface area contributed by atoms with E-state index in [1.807, 2.05) is 0 Å². The lowest BCUT2D eigenvalue weighted by atomic mass is 9.68. The van der Waals surface area contributed by atoms with Crippen LogP contribution < -0.4 is 0 Å². The van der Waals surface area contributed by atoms with Gasteiger partial charge in [0, 0.05) is 0 Å². The molecule has 3 rings (SSSR count). The van der Waals surface area contributed by atoms with Gasteiger partial charge in [0.2, 0.25) is 0 Å². The molecular formula is C29H48. The number of benzene rings is 1. The average Bonchev–Trinajstić information content (AvgIpc) is 2.78. The second-order valence-corrected chi connectivity index (χ2v) is 10.6. The first kappa shape index (κ1) is 22.9. The molecule has 0 spiro atoms. The molecule has 0 amide bonds. The van der Waals surface area contributed by atoms with Crippen LogP contribution in [0.2, 0.25) is 0 Å². The summed E-state index contributed by atoms with van der Waals surface area (Å²) in [4.78, 5) is 0. The van der Waals surface area contributed by atoms with Crippen LogP contribution in [0.3, 0.4) is 0 Å². The van der Waals surface area contributed by atoms with Crippen molar-refractivity contribution in [3.63, 3.8) is 0 Å². The zero-order valence-corrected chi connectivity index (χ0v) is 19.7. The second-order valence-electron chi connectivity index (χ2n) is 10.6. The third-order valence-electron chi connectivity index (χ3n) is 8.43. The maximum absolute atomic E-state index is 2.48. The van der Waals surface area contributed by atoms with Crippen LogP contribution in [0.4, 0.5) is 0 Å². The number of rotatable bonds is 11. The standard InChI is InChI=1S/C29H48/c1-3-5-8-11-25-12-16-27(17-13-25)28-18-14-26(15-19-28)20-24-29(21-6-4-2)22-9-7-10-23-29/h14-15,18-19,25,27H,3-13,16-17,20-24H2,1-2H3/t25-,27-. The fourth-order valence-corrected chi connectivity index (χ4v) is 6.31. The Morgan fingerprint density at radius 1 is 0.759 bits per heavy atom. The number of unbranched alkanes of at least 4 members (excludes halogenated alkanes) is 3. The van der Waals surface area contributed by atoms with Crippen molar-refractivity contribution in [1.82, 2.24) is 0 Å². The van der Waals surface area contributed by atoms with Crippen molar-refractivity contribution in [3.8, 4) is 0 Å². The molecule has 0 nitrogen and oxygen atoms in total. The molecule has 164 valence electrons. The summed E-state index contributed by atoms with van der Waals surface area (Å²) in [5.41, 5.74) is 3.88. The van der Waals surface area contributed by atoms with Crippen molar-refractivity contribution in [2.45, 2.75) is 135 Å². The van der Waals surface area contributed by atoms with Gasteiger partial charge in [-0.3, -0.25) is 0 Å². The summed E-state index contributed by atoms with van der Waals surface area (Å²) in [6.07, 6.45) is 25.9. The highest BCUT2D eigenvalue weighted by Crippen LogP contribution is 2.44. The molecule has 0 atom stereocenters. The van der Waals surface area contributed by atoms with Gasteiger partial charge in [-0.1, -0.05) is 95.9 Å². The van der Waals surface area contributed by atoms with Gasteiger partial charge >= 0.3 is 0 Å². The molecular weight excluding hydrogens is 348 g/mol. The molecule has 0 aromatic heterocycles. The van der Waals surface area contributed by atoms with Gasteiger partial charge in [-0.05, 0) is 86.2 Å². The van der Waals surface area contributed by atoms with Crippen LogP contribution in [0.1, 0.15) is 140 Å². The van der Waals surface area contributed by atoms with Crippen LogP contribution in [0, 0.1) is 11.3 Å². The normalized spacial score (nSPS) is 24.5. The minimum Gasteiger partial charge on any atom is -0.0654 e. The van der Waals surface area contributed by atoms with E-state index in [1.165, 1.54) is 116 Å². The molecule has 2 fully saturated rings. The average molecular weight is 397 g/mol. The quantitative estimate of drug-likeness (QED) is 0.326. The van der Waals surface area contributed by atoms with Gasteiger partial charge in [0.1, 0.15) is 0 Å². The highest BCUT2D eigenvalue weighted by molar-refractivity contribution is 5.26. The third-order valence-corrected chi connectivity index (χ3v) is 8.43. The van der Waals surface area contributed by atoms with Gasteiger partial charge in [0.15, 0.2) is 0 Å². The van der Waals surface area contributed by atoms with E-state index in [0.29, 0.717) is 5.41 Å². The van der Waals surface area contributed by atoms with Crippen LogP contribution in [0.5, 0.6) is 0 Å². The Bertz CT molecular complexity index is 540. The molecule has 0 bridgehead atoms. The summed E-state index contributed by atoms with van der Waals surface area (Å²) in [5, 5.41) is 0. The van der Waals surface area contributed by atoms with Gasteiger partial charge in [0.05, 0.1) is 0 Å². The van der Waals surface area contributed by atoms with Crippen LogP contribution in [0.15, 0.2) is 24.3 Å². The van der Waals surface area contributed by atoms with E-state index in [2.05, 4.69) is 38.1 Å². The van der Waals surface area contributed by atoms with Crippen molar-refractivity contribution < 1.29 is 0 Å². The summed E-state index contributed by atoms with van der Waals surface area (Å²) in [6.45, 7) is 4.68. The smallest absolute Gasteiger partial charge is 0.0162 e. The van der Waals surface area contributed by atoms with Crippen molar-refractivity contribution in [1.29, 1.82) is 0 Å². The fraction of sp³-hybridized carbons (Fsp3) is 0.793. The molecule has 2 saturated carbocycles. The van der Waals surface area contributed by atoms with Crippen molar-refractivity contribution in [2.24, 2.45) is 11.3 Å². The van der Waals surface area contributed by atoms with E-state index in [4.69, 9.17) is 0 Å². The first-order chi connectivity index (χ1) is 14.2. The number of hydrogen-bond donors (Lipinski definition) is 0. The van der Waals surface area contributed by atoms with Crippen LogP contribution in [0.25, 0.3) is 0 Å². The highest BCUT2D eigenvalue weighted by atomic mass is 14.4. The van der Waals surface area contributed by atoms with Gasteiger partial charge in [-0.2, -0.15) is 0 Å². The lowest BCUT2D eigenvalue weighted by Gasteiger charge is -2.38. The predicted octanol–water partition coefficient (Wildman–Crippen LogP) is 9.61. The predicted molar refractivity (Wildman–Crippen MR) is 129 cm³/mol.